The average Bonchev–Trinajstić information content (AvgIpc) is 2.89. The summed E-state index contributed by atoms with van der Waals surface area (Å²) in [6, 6.07) is 10.6. The third-order valence-corrected chi connectivity index (χ3v) is 5.06. The number of aliphatic hydroxyl groups is 1. The molecular weight excluding hydrogens is 363 g/mol. The van der Waals surface area contributed by atoms with E-state index in [-0.39, 0.29) is 30.3 Å². The van der Waals surface area contributed by atoms with E-state index in [9.17, 15) is 19.1 Å². The molecule has 3 rings (SSSR count). The third kappa shape index (κ3) is 5.42. The second-order valence-electron chi connectivity index (χ2n) is 7.18. The Morgan fingerprint density at radius 2 is 1.93 bits per heavy atom. The first kappa shape index (κ1) is 20.1. The number of carbonyl (C=O) groups is 1. The Morgan fingerprint density at radius 1 is 1.14 bits per heavy atom. The topological polar surface area (TPSA) is 71.8 Å². The van der Waals surface area contributed by atoms with Gasteiger partial charge in [-0.05, 0) is 49.6 Å². The van der Waals surface area contributed by atoms with Gasteiger partial charge in [0, 0.05) is 38.3 Å². The number of halogens is 1. The molecule has 0 saturated carbocycles. The number of benzene rings is 1. The molecule has 1 fully saturated rings. The normalized spacial score (nSPS) is 19.9. The number of hydrogen-bond donors (Lipinski definition) is 1. The van der Waals surface area contributed by atoms with Gasteiger partial charge < -0.3 is 19.3 Å². The molecule has 1 N–H and O–H groups in total. The van der Waals surface area contributed by atoms with E-state index in [1.54, 1.807) is 23.2 Å². The van der Waals surface area contributed by atoms with Crippen LogP contribution >= 0.6 is 0 Å². The standard InChI is InChI=1S/C21H25FN2O4/c22-17-5-7-18(8-6-17)28-16-21(27)10-3-13-24(15-11-21)20(26)9-14-23-12-2-1-4-19(23)25/h1-2,4-8,12,27H,3,9-11,13-16H2. The highest BCUT2D eigenvalue weighted by Gasteiger charge is 2.32. The van der Waals surface area contributed by atoms with Gasteiger partial charge in [-0.3, -0.25) is 9.59 Å². The number of rotatable bonds is 6. The van der Waals surface area contributed by atoms with Crippen LogP contribution in [0.2, 0.25) is 0 Å². The molecule has 1 atom stereocenters. The summed E-state index contributed by atoms with van der Waals surface area (Å²) in [4.78, 5) is 26.0. The van der Waals surface area contributed by atoms with Crippen molar-refractivity contribution in [1.29, 1.82) is 0 Å². The number of aromatic nitrogens is 1. The first-order chi connectivity index (χ1) is 13.5. The van der Waals surface area contributed by atoms with Gasteiger partial charge in [0.05, 0.1) is 0 Å². The van der Waals surface area contributed by atoms with Crippen LogP contribution in [0.1, 0.15) is 25.7 Å². The Bertz CT molecular complexity index is 852. The minimum Gasteiger partial charge on any atom is -0.491 e. The Labute approximate surface area is 163 Å². The molecule has 2 heterocycles. The molecule has 0 aliphatic carbocycles. The van der Waals surface area contributed by atoms with Crippen LogP contribution in [0.5, 0.6) is 5.75 Å². The zero-order valence-corrected chi connectivity index (χ0v) is 15.7. The Kier molecular flexibility index (Phi) is 6.46. The molecule has 6 nitrogen and oxygen atoms in total. The largest absolute Gasteiger partial charge is 0.491 e. The summed E-state index contributed by atoms with van der Waals surface area (Å²) < 4.78 is 20.1. The van der Waals surface area contributed by atoms with Crippen molar-refractivity contribution in [3.05, 3.63) is 64.8 Å². The quantitative estimate of drug-likeness (QED) is 0.824. The predicted octanol–water partition coefficient (Wildman–Crippen LogP) is 2.20. The van der Waals surface area contributed by atoms with Crippen molar-refractivity contribution in [2.45, 2.75) is 37.8 Å². The molecule has 1 aliphatic heterocycles. The number of aryl methyl sites for hydroxylation is 1. The summed E-state index contributed by atoms with van der Waals surface area (Å²) in [5, 5.41) is 10.8. The van der Waals surface area contributed by atoms with Gasteiger partial charge in [0.2, 0.25) is 5.91 Å². The molecular formula is C21H25FN2O4. The Morgan fingerprint density at radius 3 is 2.68 bits per heavy atom. The fourth-order valence-corrected chi connectivity index (χ4v) is 3.34. The lowest BCUT2D eigenvalue weighted by atomic mass is 9.96. The number of amides is 1. The molecule has 1 aromatic carbocycles. The van der Waals surface area contributed by atoms with Crippen molar-refractivity contribution in [2.24, 2.45) is 0 Å². The number of ether oxygens (including phenoxy) is 1. The minimum atomic E-state index is -1.03. The fourth-order valence-electron chi connectivity index (χ4n) is 3.34. The van der Waals surface area contributed by atoms with Gasteiger partial charge in [-0.1, -0.05) is 6.07 Å². The van der Waals surface area contributed by atoms with Crippen LogP contribution in [0.25, 0.3) is 0 Å². The van der Waals surface area contributed by atoms with Crippen molar-refractivity contribution < 1.29 is 19.0 Å². The van der Waals surface area contributed by atoms with Crippen LogP contribution in [-0.4, -0.2) is 45.8 Å². The van der Waals surface area contributed by atoms with Crippen LogP contribution < -0.4 is 10.3 Å². The first-order valence-electron chi connectivity index (χ1n) is 9.49. The molecule has 1 saturated heterocycles. The summed E-state index contributed by atoms with van der Waals surface area (Å²) >= 11 is 0. The van der Waals surface area contributed by atoms with Crippen LogP contribution in [0.15, 0.2) is 53.5 Å². The zero-order valence-electron chi connectivity index (χ0n) is 15.7. The van der Waals surface area contributed by atoms with Gasteiger partial charge in [0.25, 0.3) is 5.56 Å². The van der Waals surface area contributed by atoms with Gasteiger partial charge in [0.15, 0.2) is 0 Å². The lowest BCUT2D eigenvalue weighted by Crippen LogP contribution is -2.38. The number of nitrogens with zero attached hydrogens (tertiary/aromatic N) is 2. The summed E-state index contributed by atoms with van der Waals surface area (Å²) in [6.07, 6.45) is 3.51. The monoisotopic (exact) mass is 388 g/mol. The van der Waals surface area contributed by atoms with Crippen LogP contribution in [0, 0.1) is 5.82 Å². The molecule has 0 radical (unpaired) electrons. The molecule has 2 aromatic rings. The highest BCUT2D eigenvalue weighted by Crippen LogP contribution is 2.24. The van der Waals surface area contributed by atoms with E-state index >= 15 is 0 Å². The highest BCUT2D eigenvalue weighted by atomic mass is 19.1. The van der Waals surface area contributed by atoms with E-state index in [0.717, 1.165) is 0 Å². The van der Waals surface area contributed by atoms with Gasteiger partial charge >= 0.3 is 0 Å². The number of pyridine rings is 1. The number of carbonyl (C=O) groups excluding carboxylic acids is 1. The van der Waals surface area contributed by atoms with E-state index in [1.165, 1.54) is 34.9 Å². The predicted molar refractivity (Wildman–Crippen MR) is 103 cm³/mol. The molecule has 0 spiro atoms. The zero-order chi connectivity index (χ0) is 20.0. The molecule has 150 valence electrons. The van der Waals surface area contributed by atoms with E-state index < -0.39 is 5.60 Å². The second-order valence-corrected chi connectivity index (χ2v) is 7.18. The van der Waals surface area contributed by atoms with Crippen LogP contribution in [-0.2, 0) is 11.3 Å². The Hall–Kier alpha value is -2.67. The minimum absolute atomic E-state index is 0.0283. The summed E-state index contributed by atoms with van der Waals surface area (Å²) in [7, 11) is 0. The molecule has 0 bridgehead atoms. The van der Waals surface area contributed by atoms with Crippen LogP contribution in [0.4, 0.5) is 4.39 Å². The molecule has 1 aliphatic rings. The third-order valence-electron chi connectivity index (χ3n) is 5.06. The summed E-state index contributed by atoms with van der Waals surface area (Å²) in [5.41, 5.74) is -1.15. The van der Waals surface area contributed by atoms with Gasteiger partial charge in [-0.15, -0.1) is 0 Å². The van der Waals surface area contributed by atoms with Crippen molar-refractivity contribution in [2.75, 3.05) is 19.7 Å². The number of hydrogen-bond acceptors (Lipinski definition) is 4. The molecule has 28 heavy (non-hydrogen) atoms. The van der Waals surface area contributed by atoms with Crippen molar-refractivity contribution in [3.63, 3.8) is 0 Å². The fraction of sp³-hybridized carbons (Fsp3) is 0.429. The average molecular weight is 388 g/mol. The lowest BCUT2D eigenvalue weighted by molar-refractivity contribution is -0.131. The Balaban J connectivity index is 1.50. The maximum atomic E-state index is 13.0. The van der Waals surface area contributed by atoms with E-state index in [1.807, 2.05) is 0 Å². The first-order valence-corrected chi connectivity index (χ1v) is 9.49. The molecule has 1 aromatic heterocycles. The van der Waals surface area contributed by atoms with Crippen molar-refractivity contribution >= 4 is 5.91 Å². The molecule has 7 heteroatoms. The smallest absolute Gasteiger partial charge is 0.250 e. The second kappa shape index (κ2) is 9.01. The van der Waals surface area contributed by atoms with Crippen molar-refractivity contribution in [1.82, 2.24) is 9.47 Å². The van der Waals surface area contributed by atoms with Gasteiger partial charge in [-0.25, -0.2) is 4.39 Å². The van der Waals surface area contributed by atoms with E-state index in [0.29, 0.717) is 44.6 Å². The number of likely N-dealkylation sites (tertiary alicyclic amines) is 1. The molecule has 1 amide bonds. The lowest BCUT2D eigenvalue weighted by Gasteiger charge is -2.27. The van der Waals surface area contributed by atoms with Crippen LogP contribution in [0.3, 0.4) is 0 Å². The maximum Gasteiger partial charge on any atom is 0.250 e. The van der Waals surface area contributed by atoms with E-state index in [2.05, 4.69) is 0 Å². The maximum absolute atomic E-state index is 13.0. The van der Waals surface area contributed by atoms with Crippen molar-refractivity contribution in [3.8, 4) is 5.75 Å². The highest BCUT2D eigenvalue weighted by molar-refractivity contribution is 5.76. The SMILES string of the molecule is O=C(CCn1ccccc1=O)N1CCCC(O)(COc2ccc(F)cc2)CC1. The van der Waals surface area contributed by atoms with Gasteiger partial charge in [0.1, 0.15) is 23.8 Å². The molecule has 1 unspecified atom stereocenters. The summed E-state index contributed by atoms with van der Waals surface area (Å²) in [6.45, 7) is 1.44. The van der Waals surface area contributed by atoms with Gasteiger partial charge in [-0.2, -0.15) is 0 Å². The summed E-state index contributed by atoms with van der Waals surface area (Å²) in [5.74, 6) is 0.132. The van der Waals surface area contributed by atoms with E-state index in [4.69, 9.17) is 4.74 Å².